The van der Waals surface area contributed by atoms with E-state index in [1.54, 1.807) is 0 Å². The molecule has 2 aliphatic carbocycles. The first kappa shape index (κ1) is 24.7. The Labute approximate surface area is 223 Å². The Hall–Kier alpha value is -3.64. The minimum absolute atomic E-state index is 0.0511. The van der Waals surface area contributed by atoms with Crippen molar-refractivity contribution in [3.63, 3.8) is 0 Å². The zero-order chi connectivity index (χ0) is 26.2. The van der Waals surface area contributed by atoms with Crippen LogP contribution in [0.2, 0.25) is 0 Å². The molecule has 6 rings (SSSR count). The largest absolute Gasteiger partial charge is 0.488 e. The fraction of sp³-hybridized carbons (Fsp3) is 0.375. The summed E-state index contributed by atoms with van der Waals surface area (Å²) in [6.45, 7) is 2.57. The monoisotopic (exact) mass is 511 g/mol. The Morgan fingerprint density at radius 1 is 1.00 bits per heavy atom. The number of carboxylic acid groups (broad SMARTS) is 1. The quantitative estimate of drug-likeness (QED) is 0.434. The van der Waals surface area contributed by atoms with Crippen molar-refractivity contribution in [1.29, 1.82) is 0 Å². The molecule has 3 aromatic rings. The van der Waals surface area contributed by atoms with Crippen LogP contribution < -0.4 is 4.74 Å². The van der Waals surface area contributed by atoms with Crippen molar-refractivity contribution in [2.24, 2.45) is 11.8 Å². The number of ether oxygens (including phenoxy) is 2. The Kier molecular flexibility index (Phi) is 6.66. The van der Waals surface area contributed by atoms with E-state index in [9.17, 15) is 14.7 Å². The van der Waals surface area contributed by atoms with Gasteiger partial charge in [-0.3, -0.25) is 4.79 Å². The minimum atomic E-state index is -1.02. The molecule has 3 aromatic carbocycles. The molecule has 0 aromatic heterocycles. The van der Waals surface area contributed by atoms with Crippen LogP contribution in [0.1, 0.15) is 53.2 Å². The summed E-state index contributed by atoms with van der Waals surface area (Å²) in [5.74, 6) is 0.655. The van der Waals surface area contributed by atoms with Crippen molar-refractivity contribution in [2.45, 2.75) is 64.0 Å². The van der Waals surface area contributed by atoms with Crippen molar-refractivity contribution in [1.82, 2.24) is 4.90 Å². The fourth-order valence-electron chi connectivity index (χ4n) is 6.19. The Balaban J connectivity index is 1.29. The number of carbonyl (C=O) groups is 2. The SMILES string of the molecule is Cc1ccc2c(c1OCc1ccccc1)C[C@H](C(=O)O)N(C(=O)[C@H](OC1CC[C@@H]3C[C@H]13)c1ccccc1)C2. The van der Waals surface area contributed by atoms with Gasteiger partial charge in [0.25, 0.3) is 5.91 Å². The third kappa shape index (κ3) is 4.81. The van der Waals surface area contributed by atoms with Gasteiger partial charge in [0.2, 0.25) is 0 Å². The summed E-state index contributed by atoms with van der Waals surface area (Å²) in [7, 11) is 0. The van der Waals surface area contributed by atoms with Gasteiger partial charge < -0.3 is 19.5 Å². The average Bonchev–Trinajstić information content (AvgIpc) is 3.62. The number of hydrogen-bond acceptors (Lipinski definition) is 4. The van der Waals surface area contributed by atoms with Crippen LogP contribution in [-0.2, 0) is 33.9 Å². The molecule has 38 heavy (non-hydrogen) atoms. The van der Waals surface area contributed by atoms with Crippen LogP contribution in [0.4, 0.5) is 0 Å². The van der Waals surface area contributed by atoms with Gasteiger partial charge in [-0.1, -0.05) is 72.8 Å². The van der Waals surface area contributed by atoms with Crippen molar-refractivity contribution in [2.75, 3.05) is 0 Å². The standard InChI is InChI=1S/C32H33NO5/c1-20-12-13-24-18-33(27(32(35)36)17-26(24)29(20)37-19-21-8-4-2-5-9-21)31(34)30(22-10-6-3-7-11-22)38-28-15-14-23-16-25(23)28/h2-13,23,25,27-28,30H,14-19H2,1H3,(H,35,36)/t23-,25+,27-,28?,30-/m1/s1. The average molecular weight is 512 g/mol. The first-order valence-electron chi connectivity index (χ1n) is 13.5. The number of fused-ring (bicyclic) bond motifs is 2. The minimum Gasteiger partial charge on any atom is -0.488 e. The smallest absolute Gasteiger partial charge is 0.326 e. The van der Waals surface area contributed by atoms with Crippen LogP contribution in [0.3, 0.4) is 0 Å². The van der Waals surface area contributed by atoms with E-state index in [0.29, 0.717) is 18.3 Å². The number of hydrogen-bond donors (Lipinski definition) is 1. The van der Waals surface area contributed by atoms with E-state index in [-0.39, 0.29) is 25.0 Å². The molecule has 1 unspecified atom stereocenters. The molecule has 0 spiro atoms. The van der Waals surface area contributed by atoms with Crippen molar-refractivity contribution < 1.29 is 24.2 Å². The molecule has 5 atom stereocenters. The number of aliphatic carboxylic acids is 1. The molecule has 196 valence electrons. The second-order valence-corrected chi connectivity index (χ2v) is 10.9. The molecule has 1 aliphatic heterocycles. The summed E-state index contributed by atoms with van der Waals surface area (Å²) in [6, 6.07) is 22.4. The highest BCUT2D eigenvalue weighted by Gasteiger charge is 2.50. The highest BCUT2D eigenvalue weighted by molar-refractivity contribution is 5.88. The molecule has 0 radical (unpaired) electrons. The maximum atomic E-state index is 14.1. The number of carbonyl (C=O) groups excluding carboxylic acids is 1. The summed E-state index contributed by atoms with van der Waals surface area (Å²) < 4.78 is 12.7. The topological polar surface area (TPSA) is 76.1 Å². The van der Waals surface area contributed by atoms with Crippen LogP contribution >= 0.6 is 0 Å². The molecule has 1 amide bonds. The van der Waals surface area contributed by atoms with E-state index in [1.807, 2.05) is 79.7 Å². The van der Waals surface area contributed by atoms with Gasteiger partial charge in [-0.25, -0.2) is 4.79 Å². The van der Waals surface area contributed by atoms with E-state index in [1.165, 1.54) is 11.3 Å². The molecule has 2 fully saturated rings. The molecule has 3 aliphatic rings. The second kappa shape index (κ2) is 10.3. The summed E-state index contributed by atoms with van der Waals surface area (Å²) >= 11 is 0. The fourth-order valence-corrected chi connectivity index (χ4v) is 6.19. The zero-order valence-corrected chi connectivity index (χ0v) is 21.6. The van der Waals surface area contributed by atoms with E-state index >= 15 is 0 Å². The lowest BCUT2D eigenvalue weighted by Crippen LogP contribution is -2.51. The Bertz CT molecular complexity index is 1320. The van der Waals surface area contributed by atoms with E-state index in [2.05, 4.69) is 0 Å². The summed E-state index contributed by atoms with van der Waals surface area (Å²) in [5, 5.41) is 10.3. The van der Waals surface area contributed by atoms with Gasteiger partial charge in [0.05, 0.1) is 6.10 Å². The molecular formula is C32H33NO5. The van der Waals surface area contributed by atoms with Crippen molar-refractivity contribution in [3.05, 3.63) is 101 Å². The second-order valence-electron chi connectivity index (χ2n) is 10.9. The van der Waals surface area contributed by atoms with Crippen molar-refractivity contribution in [3.8, 4) is 5.75 Å². The van der Waals surface area contributed by atoms with Gasteiger partial charge in [-0.15, -0.1) is 0 Å². The summed E-state index contributed by atoms with van der Waals surface area (Å²) in [6.07, 6.45) is 2.69. The third-order valence-corrected chi connectivity index (χ3v) is 8.38. The number of aryl methyl sites for hydroxylation is 1. The van der Waals surface area contributed by atoms with Gasteiger partial charge in [0.1, 0.15) is 18.4 Å². The van der Waals surface area contributed by atoms with Gasteiger partial charge >= 0.3 is 5.97 Å². The number of benzene rings is 3. The molecule has 6 heteroatoms. The molecule has 2 saturated carbocycles. The van der Waals surface area contributed by atoms with Crippen LogP contribution in [0.25, 0.3) is 0 Å². The summed E-state index contributed by atoms with van der Waals surface area (Å²) in [5.41, 5.74) is 4.55. The van der Waals surface area contributed by atoms with Gasteiger partial charge in [-0.2, -0.15) is 0 Å². The van der Waals surface area contributed by atoms with Gasteiger partial charge in [0.15, 0.2) is 6.10 Å². The Morgan fingerprint density at radius 2 is 1.74 bits per heavy atom. The highest BCUT2D eigenvalue weighted by atomic mass is 16.5. The van der Waals surface area contributed by atoms with Crippen LogP contribution in [0, 0.1) is 18.8 Å². The highest BCUT2D eigenvalue weighted by Crippen LogP contribution is 2.54. The maximum Gasteiger partial charge on any atom is 0.326 e. The lowest BCUT2D eigenvalue weighted by Gasteiger charge is -2.38. The summed E-state index contributed by atoms with van der Waals surface area (Å²) in [4.78, 5) is 28.1. The zero-order valence-electron chi connectivity index (χ0n) is 21.6. The molecule has 0 saturated heterocycles. The van der Waals surface area contributed by atoms with Gasteiger partial charge in [-0.05, 0) is 60.3 Å². The lowest BCUT2D eigenvalue weighted by molar-refractivity contribution is -0.160. The van der Waals surface area contributed by atoms with Crippen LogP contribution in [-0.4, -0.2) is 34.0 Å². The van der Waals surface area contributed by atoms with E-state index < -0.39 is 18.1 Å². The number of amides is 1. The van der Waals surface area contributed by atoms with Crippen LogP contribution in [0.5, 0.6) is 5.75 Å². The van der Waals surface area contributed by atoms with Crippen molar-refractivity contribution >= 4 is 11.9 Å². The van der Waals surface area contributed by atoms with E-state index in [0.717, 1.165) is 46.6 Å². The lowest BCUT2D eigenvalue weighted by atomic mass is 9.90. The molecule has 6 nitrogen and oxygen atoms in total. The van der Waals surface area contributed by atoms with Crippen LogP contribution in [0.15, 0.2) is 72.8 Å². The number of nitrogens with zero attached hydrogens (tertiary/aromatic N) is 1. The number of carboxylic acids is 1. The van der Waals surface area contributed by atoms with E-state index in [4.69, 9.17) is 9.47 Å². The Morgan fingerprint density at radius 3 is 2.39 bits per heavy atom. The first-order chi connectivity index (χ1) is 18.5. The molecule has 0 bridgehead atoms. The molecular weight excluding hydrogens is 478 g/mol. The number of rotatable bonds is 8. The van der Waals surface area contributed by atoms with Gasteiger partial charge in [0, 0.05) is 18.5 Å². The normalized spacial score (nSPS) is 24.3. The predicted octanol–water partition coefficient (Wildman–Crippen LogP) is 5.47. The maximum absolute atomic E-state index is 14.1. The molecule has 1 N–H and O–H groups in total. The third-order valence-electron chi connectivity index (χ3n) is 8.38. The first-order valence-corrected chi connectivity index (χ1v) is 13.5. The molecule has 1 heterocycles. The predicted molar refractivity (Wildman–Crippen MR) is 143 cm³/mol.